The minimum Gasteiger partial charge on any atom is -0.497 e. The molecule has 0 saturated heterocycles. The lowest BCUT2D eigenvalue weighted by Crippen LogP contribution is -2.13. The van der Waals surface area contributed by atoms with Crippen molar-refractivity contribution < 1.29 is 9.47 Å². The van der Waals surface area contributed by atoms with E-state index in [-0.39, 0.29) is 11.4 Å². The minimum atomic E-state index is -0.0858. The van der Waals surface area contributed by atoms with E-state index in [0.717, 1.165) is 22.8 Å². The van der Waals surface area contributed by atoms with Gasteiger partial charge in [0.15, 0.2) is 0 Å². The Morgan fingerprint density at radius 3 is 2.38 bits per heavy atom. The number of ether oxygens (including phenoxy) is 2. The van der Waals surface area contributed by atoms with Gasteiger partial charge in [-0.1, -0.05) is 20.8 Å². The van der Waals surface area contributed by atoms with Gasteiger partial charge in [0.25, 0.3) is 0 Å². The molecule has 21 heavy (non-hydrogen) atoms. The molecular formula is C16H21N3O2. The lowest BCUT2D eigenvalue weighted by molar-refractivity contribution is 0.405. The van der Waals surface area contributed by atoms with Crippen molar-refractivity contribution in [3.05, 3.63) is 35.5 Å². The molecule has 2 rings (SSSR count). The Balaban J connectivity index is 2.43. The summed E-state index contributed by atoms with van der Waals surface area (Å²) < 4.78 is 11.2. The summed E-state index contributed by atoms with van der Waals surface area (Å²) in [7, 11) is 1.65. The zero-order chi connectivity index (χ0) is 15.6. The molecule has 1 aromatic heterocycles. The van der Waals surface area contributed by atoms with Gasteiger partial charge in [-0.2, -0.15) is 4.98 Å². The number of methoxy groups -OCH3 is 1. The van der Waals surface area contributed by atoms with Crippen LogP contribution in [0.15, 0.2) is 24.3 Å². The molecule has 0 saturated carbocycles. The summed E-state index contributed by atoms with van der Waals surface area (Å²) in [5, 5.41) is 0. The van der Waals surface area contributed by atoms with Crippen molar-refractivity contribution in [2.75, 3.05) is 12.8 Å². The maximum Gasteiger partial charge on any atom is 0.224 e. The van der Waals surface area contributed by atoms with Gasteiger partial charge in [0.1, 0.15) is 11.5 Å². The lowest BCUT2D eigenvalue weighted by Gasteiger charge is -2.23. The van der Waals surface area contributed by atoms with Crippen LogP contribution in [0.5, 0.6) is 17.4 Å². The van der Waals surface area contributed by atoms with Crippen LogP contribution >= 0.6 is 0 Å². The van der Waals surface area contributed by atoms with Gasteiger partial charge in [0.2, 0.25) is 11.8 Å². The van der Waals surface area contributed by atoms with Crippen molar-refractivity contribution in [2.45, 2.75) is 33.1 Å². The van der Waals surface area contributed by atoms with Gasteiger partial charge in [-0.05, 0) is 30.5 Å². The summed E-state index contributed by atoms with van der Waals surface area (Å²) >= 11 is 0. The molecule has 0 atom stereocenters. The number of hydrogen-bond acceptors (Lipinski definition) is 5. The fraction of sp³-hybridized carbons (Fsp3) is 0.375. The highest BCUT2D eigenvalue weighted by molar-refractivity contribution is 5.45. The molecule has 5 nitrogen and oxygen atoms in total. The lowest BCUT2D eigenvalue weighted by atomic mass is 9.86. The second-order valence-electron chi connectivity index (χ2n) is 5.92. The molecule has 1 aromatic carbocycles. The van der Waals surface area contributed by atoms with E-state index < -0.39 is 0 Å². The molecular weight excluding hydrogens is 266 g/mol. The van der Waals surface area contributed by atoms with Gasteiger partial charge in [-0.25, -0.2) is 4.98 Å². The Morgan fingerprint density at radius 2 is 1.81 bits per heavy atom. The molecule has 0 radical (unpaired) electrons. The first kappa shape index (κ1) is 15.1. The van der Waals surface area contributed by atoms with Crippen molar-refractivity contribution >= 4 is 5.95 Å². The number of benzene rings is 1. The summed E-state index contributed by atoms with van der Waals surface area (Å²) in [6, 6.07) is 7.48. The van der Waals surface area contributed by atoms with Crippen LogP contribution in [0.3, 0.4) is 0 Å². The highest BCUT2D eigenvalue weighted by atomic mass is 16.5. The van der Waals surface area contributed by atoms with Gasteiger partial charge in [0.05, 0.1) is 7.11 Å². The van der Waals surface area contributed by atoms with Crippen LogP contribution in [-0.4, -0.2) is 17.1 Å². The quantitative estimate of drug-likeness (QED) is 0.936. The van der Waals surface area contributed by atoms with Gasteiger partial charge in [-0.15, -0.1) is 0 Å². The van der Waals surface area contributed by atoms with Crippen molar-refractivity contribution in [2.24, 2.45) is 0 Å². The summed E-state index contributed by atoms with van der Waals surface area (Å²) in [6.07, 6.45) is 0. The third-order valence-electron chi connectivity index (χ3n) is 3.06. The number of nitrogens with two attached hydrogens (primary N) is 1. The number of aryl methyl sites for hydroxylation is 1. The third kappa shape index (κ3) is 3.62. The van der Waals surface area contributed by atoms with Crippen LogP contribution < -0.4 is 15.2 Å². The number of nitrogens with zero attached hydrogens (tertiary/aromatic N) is 2. The molecule has 0 aliphatic heterocycles. The van der Waals surface area contributed by atoms with Crippen LogP contribution in [0, 0.1) is 6.92 Å². The molecule has 0 spiro atoms. The van der Waals surface area contributed by atoms with Crippen LogP contribution in [0.1, 0.15) is 32.0 Å². The molecule has 0 aliphatic rings. The Labute approximate surface area is 125 Å². The van der Waals surface area contributed by atoms with Gasteiger partial charge in [-0.3, -0.25) is 0 Å². The largest absolute Gasteiger partial charge is 0.497 e. The first-order chi connectivity index (χ1) is 9.79. The Hall–Kier alpha value is -2.30. The molecule has 112 valence electrons. The van der Waals surface area contributed by atoms with Crippen molar-refractivity contribution in [3.63, 3.8) is 0 Å². The molecule has 0 amide bonds. The van der Waals surface area contributed by atoms with E-state index in [1.807, 2.05) is 25.1 Å². The highest BCUT2D eigenvalue weighted by Gasteiger charge is 2.20. The summed E-state index contributed by atoms with van der Waals surface area (Å²) in [5.74, 6) is 2.18. The van der Waals surface area contributed by atoms with E-state index in [1.165, 1.54) is 0 Å². The molecule has 1 heterocycles. The van der Waals surface area contributed by atoms with Gasteiger partial charge in [0, 0.05) is 17.3 Å². The molecule has 0 fully saturated rings. The summed E-state index contributed by atoms with van der Waals surface area (Å²) in [6.45, 7) is 8.21. The zero-order valence-electron chi connectivity index (χ0n) is 13.1. The Kier molecular flexibility index (Phi) is 4.02. The summed E-state index contributed by atoms with van der Waals surface area (Å²) in [5.41, 5.74) is 7.38. The summed E-state index contributed by atoms with van der Waals surface area (Å²) in [4.78, 5) is 8.15. The van der Waals surface area contributed by atoms with Gasteiger partial charge < -0.3 is 15.2 Å². The normalized spacial score (nSPS) is 11.3. The maximum atomic E-state index is 5.91. The van der Waals surface area contributed by atoms with E-state index in [2.05, 4.69) is 30.7 Å². The number of aromatic nitrogens is 2. The molecule has 0 bridgehead atoms. The van der Waals surface area contributed by atoms with Crippen LogP contribution in [0.4, 0.5) is 5.95 Å². The molecule has 5 heteroatoms. The fourth-order valence-corrected chi connectivity index (χ4v) is 2.04. The first-order valence-corrected chi connectivity index (χ1v) is 6.77. The Bertz CT molecular complexity index is 628. The highest BCUT2D eigenvalue weighted by Crippen LogP contribution is 2.36. The van der Waals surface area contributed by atoms with Crippen LogP contribution in [-0.2, 0) is 5.41 Å². The third-order valence-corrected chi connectivity index (χ3v) is 3.06. The SMILES string of the molecule is COc1ccc(Oc2cc(C)nc(N)n2)c(C(C)(C)C)c1. The number of hydrogen-bond donors (Lipinski definition) is 1. The smallest absolute Gasteiger partial charge is 0.224 e. The topological polar surface area (TPSA) is 70.3 Å². The van der Waals surface area contributed by atoms with E-state index >= 15 is 0 Å². The molecule has 2 N–H and O–H groups in total. The van der Waals surface area contributed by atoms with Crippen molar-refractivity contribution in [1.82, 2.24) is 9.97 Å². The van der Waals surface area contributed by atoms with Crippen molar-refractivity contribution in [1.29, 1.82) is 0 Å². The van der Waals surface area contributed by atoms with Crippen LogP contribution in [0.2, 0.25) is 0 Å². The minimum absolute atomic E-state index is 0.0858. The number of rotatable bonds is 3. The Morgan fingerprint density at radius 1 is 1.10 bits per heavy atom. The predicted octanol–water partition coefficient (Wildman–Crippen LogP) is 3.47. The second-order valence-corrected chi connectivity index (χ2v) is 5.92. The van der Waals surface area contributed by atoms with Crippen molar-refractivity contribution in [3.8, 4) is 17.4 Å². The predicted molar refractivity (Wildman–Crippen MR) is 82.9 cm³/mol. The second kappa shape index (κ2) is 5.60. The molecule has 0 unspecified atom stereocenters. The maximum absolute atomic E-state index is 5.91. The molecule has 0 aliphatic carbocycles. The molecule has 2 aromatic rings. The zero-order valence-corrected chi connectivity index (χ0v) is 13.1. The standard InChI is InChI=1S/C16H21N3O2/c1-10-8-14(19-15(17)18-10)21-13-7-6-11(20-5)9-12(13)16(2,3)4/h6-9H,1-5H3,(H2,17,18,19). The van der Waals surface area contributed by atoms with E-state index in [4.69, 9.17) is 15.2 Å². The fourth-order valence-electron chi connectivity index (χ4n) is 2.04. The average Bonchev–Trinajstić information content (AvgIpc) is 2.36. The first-order valence-electron chi connectivity index (χ1n) is 6.77. The average molecular weight is 287 g/mol. The van der Waals surface area contributed by atoms with E-state index in [0.29, 0.717) is 5.88 Å². The van der Waals surface area contributed by atoms with Gasteiger partial charge >= 0.3 is 0 Å². The number of anilines is 1. The van der Waals surface area contributed by atoms with E-state index in [9.17, 15) is 0 Å². The van der Waals surface area contributed by atoms with Crippen LogP contribution in [0.25, 0.3) is 0 Å². The number of nitrogen functional groups attached to an aromatic ring is 1. The van der Waals surface area contributed by atoms with E-state index in [1.54, 1.807) is 13.2 Å². The monoisotopic (exact) mass is 287 g/mol.